The number of likely N-dealkylation sites (N-methyl/N-ethyl adjacent to an activating group) is 2. The van der Waals surface area contributed by atoms with Crippen LogP contribution < -0.4 is 10.1 Å². The number of methoxy groups -OCH3 is 1. The third-order valence-corrected chi connectivity index (χ3v) is 4.85. The van der Waals surface area contributed by atoms with Gasteiger partial charge in [0, 0.05) is 32.3 Å². The summed E-state index contributed by atoms with van der Waals surface area (Å²) in [6.45, 7) is 6.06. The molecule has 160 valence electrons. The predicted molar refractivity (Wildman–Crippen MR) is 127 cm³/mol. The van der Waals surface area contributed by atoms with Crippen molar-refractivity contribution in [2.75, 3.05) is 61.1 Å². The fraction of sp³-hybridized carbons (Fsp3) is 0.667. The Morgan fingerprint density at radius 1 is 1.25 bits per heavy atom. The highest BCUT2D eigenvalue weighted by Gasteiger charge is 2.21. The topological polar surface area (TPSA) is 49.3 Å². The Kier molecular flexibility index (Phi) is 11.8. The van der Waals surface area contributed by atoms with Gasteiger partial charge in [-0.25, -0.2) is 0 Å². The minimum Gasteiger partial charge on any atom is -0.496 e. The Morgan fingerprint density at radius 3 is 2.57 bits per heavy atom. The van der Waals surface area contributed by atoms with Crippen LogP contribution in [0.25, 0.3) is 0 Å². The first-order chi connectivity index (χ1) is 13.1. The lowest BCUT2D eigenvalue weighted by Gasteiger charge is -2.27. The summed E-state index contributed by atoms with van der Waals surface area (Å²) in [4.78, 5) is 9.22. The van der Waals surface area contributed by atoms with Crippen LogP contribution in [-0.2, 0) is 4.74 Å². The first-order valence-corrected chi connectivity index (χ1v) is 9.93. The molecule has 1 N–H and O–H groups in total. The van der Waals surface area contributed by atoms with Gasteiger partial charge in [0.05, 0.1) is 26.3 Å². The molecule has 0 bridgehead atoms. The minimum absolute atomic E-state index is 0. The molecule has 1 saturated carbocycles. The zero-order valence-electron chi connectivity index (χ0n) is 18.0. The number of nitrogens with one attached hydrogen (secondary N) is 1. The highest BCUT2D eigenvalue weighted by Crippen LogP contribution is 2.29. The van der Waals surface area contributed by atoms with E-state index in [1.54, 1.807) is 7.11 Å². The van der Waals surface area contributed by atoms with E-state index in [1.165, 1.54) is 12.8 Å². The van der Waals surface area contributed by atoms with Crippen molar-refractivity contribution in [3.63, 3.8) is 0 Å². The van der Waals surface area contributed by atoms with Gasteiger partial charge in [-0.1, -0.05) is 18.2 Å². The summed E-state index contributed by atoms with van der Waals surface area (Å²) in [5.41, 5.74) is 1.15. The first kappa shape index (κ1) is 25.0. The fourth-order valence-corrected chi connectivity index (χ4v) is 2.97. The SMILES string of the molecule is CCNC(=NCC(c1ccccc1OC)N(C)C)N(C)CCOCC1CC1.I. The van der Waals surface area contributed by atoms with Crippen molar-refractivity contribution in [3.8, 4) is 5.75 Å². The van der Waals surface area contributed by atoms with Gasteiger partial charge in [0.1, 0.15) is 5.75 Å². The Morgan fingerprint density at radius 2 is 1.96 bits per heavy atom. The molecule has 0 amide bonds. The molecular weight excluding hydrogens is 467 g/mol. The highest BCUT2D eigenvalue weighted by molar-refractivity contribution is 14.0. The average Bonchev–Trinajstić information content (AvgIpc) is 3.49. The van der Waals surface area contributed by atoms with Crippen molar-refractivity contribution in [1.29, 1.82) is 0 Å². The van der Waals surface area contributed by atoms with Gasteiger partial charge in [-0.05, 0) is 45.8 Å². The van der Waals surface area contributed by atoms with Gasteiger partial charge in [0.2, 0.25) is 0 Å². The van der Waals surface area contributed by atoms with Crippen LogP contribution in [0.3, 0.4) is 0 Å². The Bertz CT molecular complexity index is 594. The van der Waals surface area contributed by atoms with Crippen LogP contribution in [0.15, 0.2) is 29.3 Å². The van der Waals surface area contributed by atoms with Crippen LogP contribution in [-0.4, -0.2) is 76.9 Å². The van der Waals surface area contributed by atoms with Crippen LogP contribution in [0, 0.1) is 5.92 Å². The smallest absolute Gasteiger partial charge is 0.193 e. The molecule has 1 unspecified atom stereocenters. The number of ether oxygens (including phenoxy) is 2. The number of guanidine groups is 1. The molecule has 0 heterocycles. The first-order valence-electron chi connectivity index (χ1n) is 9.93. The van der Waals surface area contributed by atoms with Crippen molar-refractivity contribution in [3.05, 3.63) is 29.8 Å². The lowest BCUT2D eigenvalue weighted by atomic mass is 10.0. The van der Waals surface area contributed by atoms with Gasteiger partial charge in [-0.3, -0.25) is 4.99 Å². The number of benzene rings is 1. The Balaban J connectivity index is 0.00000392. The second-order valence-corrected chi connectivity index (χ2v) is 7.36. The number of hydrogen-bond donors (Lipinski definition) is 1. The monoisotopic (exact) mass is 504 g/mol. The van der Waals surface area contributed by atoms with Crippen LogP contribution >= 0.6 is 24.0 Å². The normalized spacial score (nSPS) is 15.1. The number of para-hydroxylation sites is 1. The molecule has 1 fully saturated rings. The summed E-state index contributed by atoms with van der Waals surface area (Å²) < 4.78 is 11.3. The van der Waals surface area contributed by atoms with Crippen LogP contribution in [0.5, 0.6) is 5.75 Å². The van der Waals surface area contributed by atoms with Crippen molar-refractivity contribution in [2.45, 2.75) is 25.8 Å². The molecule has 7 heteroatoms. The number of rotatable bonds is 11. The lowest BCUT2D eigenvalue weighted by molar-refractivity contribution is 0.115. The number of hydrogen-bond acceptors (Lipinski definition) is 4. The molecular formula is C21H37IN4O2. The van der Waals surface area contributed by atoms with Gasteiger partial charge < -0.3 is 24.6 Å². The molecule has 6 nitrogen and oxygen atoms in total. The summed E-state index contributed by atoms with van der Waals surface area (Å²) in [5, 5.41) is 3.39. The number of nitrogens with zero attached hydrogens (tertiary/aromatic N) is 3. The second-order valence-electron chi connectivity index (χ2n) is 7.36. The van der Waals surface area contributed by atoms with Gasteiger partial charge in [0.25, 0.3) is 0 Å². The Hall–Kier alpha value is -1.06. The van der Waals surface area contributed by atoms with E-state index in [4.69, 9.17) is 14.5 Å². The third-order valence-electron chi connectivity index (χ3n) is 4.85. The molecule has 0 spiro atoms. The zero-order chi connectivity index (χ0) is 19.6. The summed E-state index contributed by atoms with van der Waals surface area (Å²) in [5.74, 6) is 2.62. The maximum atomic E-state index is 5.77. The molecule has 0 aromatic heterocycles. The third kappa shape index (κ3) is 8.13. The van der Waals surface area contributed by atoms with Crippen molar-refractivity contribution >= 4 is 29.9 Å². The highest BCUT2D eigenvalue weighted by atomic mass is 127. The van der Waals surface area contributed by atoms with E-state index >= 15 is 0 Å². The van der Waals surface area contributed by atoms with Crippen molar-refractivity contribution in [2.24, 2.45) is 10.9 Å². The van der Waals surface area contributed by atoms with E-state index < -0.39 is 0 Å². The van der Waals surface area contributed by atoms with Crippen LogP contribution in [0.1, 0.15) is 31.4 Å². The van der Waals surface area contributed by atoms with E-state index in [0.717, 1.165) is 49.5 Å². The van der Waals surface area contributed by atoms with Crippen LogP contribution in [0.2, 0.25) is 0 Å². The molecule has 28 heavy (non-hydrogen) atoms. The van der Waals surface area contributed by atoms with Crippen molar-refractivity contribution in [1.82, 2.24) is 15.1 Å². The molecule has 1 aromatic carbocycles. The molecule has 1 aromatic rings. The molecule has 1 aliphatic carbocycles. The van der Waals surface area contributed by atoms with Gasteiger partial charge in [0.15, 0.2) is 5.96 Å². The summed E-state index contributed by atoms with van der Waals surface area (Å²) in [6, 6.07) is 8.31. The van der Waals surface area contributed by atoms with E-state index in [-0.39, 0.29) is 30.0 Å². The van der Waals surface area contributed by atoms with Gasteiger partial charge >= 0.3 is 0 Å². The fourth-order valence-electron chi connectivity index (χ4n) is 2.97. The summed E-state index contributed by atoms with van der Waals surface area (Å²) in [6.07, 6.45) is 2.66. The van der Waals surface area contributed by atoms with Gasteiger partial charge in [-0.15, -0.1) is 24.0 Å². The predicted octanol–water partition coefficient (Wildman–Crippen LogP) is 3.24. The van der Waals surface area contributed by atoms with Crippen LogP contribution in [0.4, 0.5) is 0 Å². The maximum Gasteiger partial charge on any atom is 0.193 e. The molecule has 1 atom stereocenters. The van der Waals surface area contributed by atoms with Crippen molar-refractivity contribution < 1.29 is 9.47 Å². The number of aliphatic imine (C=N–C) groups is 1. The summed E-state index contributed by atoms with van der Waals surface area (Å²) >= 11 is 0. The molecule has 0 radical (unpaired) electrons. The second kappa shape index (κ2) is 13.2. The molecule has 0 aliphatic heterocycles. The maximum absolute atomic E-state index is 5.77. The van der Waals surface area contributed by atoms with E-state index in [0.29, 0.717) is 6.54 Å². The standard InChI is InChI=1S/C21H36N4O2.HI/c1-6-22-21(25(4)13-14-27-16-17-11-12-17)23-15-19(24(2)3)18-9-7-8-10-20(18)26-5;/h7-10,17,19H,6,11-16H2,1-5H3,(H,22,23);1H. The summed E-state index contributed by atoms with van der Waals surface area (Å²) in [7, 11) is 7.94. The largest absolute Gasteiger partial charge is 0.496 e. The average molecular weight is 504 g/mol. The van der Waals surface area contributed by atoms with E-state index in [9.17, 15) is 0 Å². The molecule has 0 saturated heterocycles. The number of halogens is 1. The zero-order valence-corrected chi connectivity index (χ0v) is 20.3. The lowest BCUT2D eigenvalue weighted by Crippen LogP contribution is -2.41. The Labute approximate surface area is 187 Å². The van der Waals surface area contributed by atoms with E-state index in [2.05, 4.69) is 49.2 Å². The molecule has 1 aliphatic rings. The quantitative estimate of drug-likeness (QED) is 0.217. The van der Waals surface area contributed by atoms with E-state index in [1.807, 2.05) is 18.2 Å². The molecule has 2 rings (SSSR count). The minimum atomic E-state index is 0. The van der Waals surface area contributed by atoms with Gasteiger partial charge in [-0.2, -0.15) is 0 Å².